The lowest BCUT2D eigenvalue weighted by Gasteiger charge is -2.13. The number of hydrogen-bond donors (Lipinski definition) is 2. The van der Waals surface area contributed by atoms with E-state index in [0.717, 1.165) is 0 Å². The van der Waals surface area contributed by atoms with Gasteiger partial charge in [-0.05, 0) is 0 Å². The monoisotopic (exact) mass is 279 g/mol. The van der Waals surface area contributed by atoms with Crippen LogP contribution in [-0.4, -0.2) is 42.5 Å². The average Bonchev–Trinajstić information content (AvgIpc) is 2.45. The number of hydrogen-bond acceptors (Lipinski definition) is 4. The largest absolute Gasteiger partial charge is 0.480 e. The summed E-state index contributed by atoms with van der Waals surface area (Å²) in [5.74, 6) is -1.81. The normalized spacial score (nSPS) is 11.7. The van der Waals surface area contributed by atoms with E-state index in [2.05, 4.69) is 5.32 Å². The molecule has 1 unspecified atom stereocenters. The van der Waals surface area contributed by atoms with Crippen LogP contribution in [0.4, 0.5) is 0 Å². The maximum atomic E-state index is 11.8. The Morgan fingerprint density at radius 1 is 1.20 bits per heavy atom. The number of ketones is 1. The third-order valence-electron chi connectivity index (χ3n) is 2.64. The first-order valence-electron chi connectivity index (χ1n) is 6.14. The lowest BCUT2D eigenvalue weighted by atomic mass is 10.1. The maximum Gasteiger partial charge on any atom is 0.328 e. The maximum absolute atomic E-state index is 11.8. The van der Waals surface area contributed by atoms with Crippen LogP contribution in [0.15, 0.2) is 30.3 Å². The molecule has 0 spiro atoms. The number of nitrogens with one attached hydrogen (secondary N) is 1. The lowest BCUT2D eigenvalue weighted by Crippen LogP contribution is -2.43. The van der Waals surface area contributed by atoms with Crippen molar-refractivity contribution in [3.05, 3.63) is 35.9 Å². The molecule has 6 nitrogen and oxygen atoms in total. The molecule has 20 heavy (non-hydrogen) atoms. The molecule has 1 rings (SSSR count). The van der Waals surface area contributed by atoms with E-state index in [1.165, 1.54) is 7.11 Å². The summed E-state index contributed by atoms with van der Waals surface area (Å²) in [5, 5.41) is 11.2. The van der Waals surface area contributed by atoms with E-state index >= 15 is 0 Å². The summed E-state index contributed by atoms with van der Waals surface area (Å²) in [6, 6.07) is 7.53. The molecule has 0 saturated heterocycles. The molecule has 1 aromatic rings. The third-order valence-corrected chi connectivity index (χ3v) is 2.64. The van der Waals surface area contributed by atoms with Crippen LogP contribution in [0.5, 0.6) is 0 Å². The van der Waals surface area contributed by atoms with Crippen molar-refractivity contribution < 1.29 is 24.2 Å². The highest BCUT2D eigenvalue weighted by Gasteiger charge is 2.20. The van der Waals surface area contributed by atoms with E-state index in [-0.39, 0.29) is 25.2 Å². The molecule has 1 amide bonds. The van der Waals surface area contributed by atoms with Gasteiger partial charge in [0.15, 0.2) is 11.8 Å². The van der Waals surface area contributed by atoms with Gasteiger partial charge in [0, 0.05) is 25.5 Å². The van der Waals surface area contributed by atoms with Gasteiger partial charge in [-0.2, -0.15) is 0 Å². The molecule has 0 aliphatic rings. The number of carboxylic acid groups (broad SMARTS) is 1. The second-order valence-corrected chi connectivity index (χ2v) is 4.20. The summed E-state index contributed by atoms with van der Waals surface area (Å²) < 4.78 is 4.70. The molecule has 1 aromatic carbocycles. The van der Waals surface area contributed by atoms with Gasteiger partial charge in [-0.25, -0.2) is 4.79 Å². The predicted molar refractivity (Wildman–Crippen MR) is 71.4 cm³/mol. The van der Waals surface area contributed by atoms with Gasteiger partial charge < -0.3 is 15.2 Å². The van der Waals surface area contributed by atoms with Crippen molar-refractivity contribution >= 4 is 17.7 Å². The minimum atomic E-state index is -1.17. The van der Waals surface area contributed by atoms with Gasteiger partial charge in [-0.1, -0.05) is 30.3 Å². The lowest BCUT2D eigenvalue weighted by molar-refractivity contribution is -0.143. The van der Waals surface area contributed by atoms with Gasteiger partial charge in [0.05, 0.1) is 6.61 Å². The van der Waals surface area contributed by atoms with Gasteiger partial charge in [0.1, 0.15) is 0 Å². The van der Waals surface area contributed by atoms with Gasteiger partial charge in [-0.15, -0.1) is 0 Å². The fraction of sp³-hybridized carbons (Fsp3) is 0.357. The van der Waals surface area contributed by atoms with E-state index in [1.54, 1.807) is 30.3 Å². The molecular formula is C14H17NO5. The van der Waals surface area contributed by atoms with Crippen LogP contribution in [0, 0.1) is 0 Å². The van der Waals surface area contributed by atoms with E-state index in [9.17, 15) is 14.4 Å². The zero-order valence-corrected chi connectivity index (χ0v) is 11.2. The Hall–Kier alpha value is -2.21. The molecule has 0 aromatic heterocycles. The Morgan fingerprint density at radius 2 is 1.85 bits per heavy atom. The van der Waals surface area contributed by atoms with Crippen LogP contribution in [0.25, 0.3) is 0 Å². The Morgan fingerprint density at radius 3 is 2.40 bits per heavy atom. The molecule has 0 aliphatic heterocycles. The van der Waals surface area contributed by atoms with Crippen molar-refractivity contribution in [1.82, 2.24) is 5.32 Å². The molecular weight excluding hydrogens is 262 g/mol. The number of carboxylic acids is 1. The molecule has 6 heteroatoms. The number of Topliss-reactive ketones (excluding diaryl/α,β-unsaturated/α-hetero) is 1. The Bertz CT molecular complexity index is 472. The number of methoxy groups -OCH3 is 1. The molecule has 0 aliphatic carbocycles. The van der Waals surface area contributed by atoms with E-state index in [4.69, 9.17) is 9.84 Å². The Labute approximate surface area is 116 Å². The zero-order valence-electron chi connectivity index (χ0n) is 11.2. The highest BCUT2D eigenvalue weighted by molar-refractivity contribution is 5.98. The first-order chi connectivity index (χ1) is 9.54. The quantitative estimate of drug-likeness (QED) is 0.689. The summed E-state index contributed by atoms with van der Waals surface area (Å²) in [4.78, 5) is 34.2. The molecule has 108 valence electrons. The van der Waals surface area contributed by atoms with Crippen molar-refractivity contribution in [3.8, 4) is 0 Å². The molecule has 0 fully saturated rings. The molecule has 0 saturated carbocycles. The van der Waals surface area contributed by atoms with E-state index in [0.29, 0.717) is 5.56 Å². The molecule has 0 bridgehead atoms. The summed E-state index contributed by atoms with van der Waals surface area (Å²) >= 11 is 0. The Kier molecular flexibility index (Phi) is 6.39. The van der Waals surface area contributed by atoms with Crippen molar-refractivity contribution in [3.63, 3.8) is 0 Å². The van der Waals surface area contributed by atoms with Crippen molar-refractivity contribution in [2.75, 3.05) is 13.7 Å². The van der Waals surface area contributed by atoms with Gasteiger partial charge in [-0.3, -0.25) is 9.59 Å². The number of carbonyl (C=O) groups is 3. The number of amides is 1. The number of rotatable bonds is 8. The topological polar surface area (TPSA) is 92.7 Å². The first kappa shape index (κ1) is 15.8. The van der Waals surface area contributed by atoms with Crippen LogP contribution in [-0.2, 0) is 14.3 Å². The van der Waals surface area contributed by atoms with E-state index < -0.39 is 17.9 Å². The van der Waals surface area contributed by atoms with Crippen LogP contribution >= 0.6 is 0 Å². The number of benzene rings is 1. The van der Waals surface area contributed by atoms with Crippen LogP contribution in [0.2, 0.25) is 0 Å². The van der Waals surface area contributed by atoms with Gasteiger partial charge >= 0.3 is 5.97 Å². The molecule has 0 heterocycles. The van der Waals surface area contributed by atoms with Crippen molar-refractivity contribution in [2.45, 2.75) is 18.9 Å². The Balaban J connectivity index is 2.43. The number of carbonyl (C=O) groups excluding carboxylic acids is 2. The zero-order chi connectivity index (χ0) is 15.0. The van der Waals surface area contributed by atoms with Crippen LogP contribution in [0.1, 0.15) is 23.2 Å². The second-order valence-electron chi connectivity index (χ2n) is 4.20. The third kappa shape index (κ3) is 5.19. The van der Waals surface area contributed by atoms with Crippen LogP contribution in [0.3, 0.4) is 0 Å². The fourth-order valence-electron chi connectivity index (χ4n) is 1.60. The number of ether oxygens (including phenoxy) is 1. The molecule has 0 radical (unpaired) electrons. The molecule has 2 N–H and O–H groups in total. The summed E-state index contributed by atoms with van der Waals surface area (Å²) in [7, 11) is 1.35. The highest BCUT2D eigenvalue weighted by atomic mass is 16.5. The average molecular weight is 279 g/mol. The minimum Gasteiger partial charge on any atom is -0.480 e. The standard InChI is InChI=1S/C14H17NO5/c1-20-9-11(14(18)19)15-13(17)8-7-12(16)10-5-3-2-4-6-10/h2-6,11H,7-9H2,1H3,(H,15,17)(H,18,19). The summed E-state index contributed by atoms with van der Waals surface area (Å²) in [6.07, 6.45) is -0.0175. The number of aliphatic carboxylic acids is 1. The summed E-state index contributed by atoms with van der Waals surface area (Å²) in [6.45, 7) is -0.117. The van der Waals surface area contributed by atoms with Crippen LogP contribution < -0.4 is 5.32 Å². The molecule has 1 atom stereocenters. The first-order valence-corrected chi connectivity index (χ1v) is 6.14. The SMILES string of the molecule is COCC(NC(=O)CCC(=O)c1ccccc1)C(=O)O. The second kappa shape index (κ2) is 8.06. The smallest absolute Gasteiger partial charge is 0.328 e. The van der Waals surface area contributed by atoms with Crippen molar-refractivity contribution in [2.24, 2.45) is 0 Å². The van der Waals surface area contributed by atoms with Gasteiger partial charge in [0.2, 0.25) is 5.91 Å². The fourth-order valence-corrected chi connectivity index (χ4v) is 1.60. The highest BCUT2D eigenvalue weighted by Crippen LogP contribution is 2.05. The summed E-state index contributed by atoms with van der Waals surface area (Å²) in [5.41, 5.74) is 0.534. The minimum absolute atomic E-state index is 0.0369. The van der Waals surface area contributed by atoms with E-state index in [1.807, 2.05) is 0 Å². The predicted octanol–water partition coefficient (Wildman–Crippen LogP) is 0.865. The van der Waals surface area contributed by atoms with Crippen molar-refractivity contribution in [1.29, 1.82) is 0 Å². The van der Waals surface area contributed by atoms with Gasteiger partial charge in [0.25, 0.3) is 0 Å².